The summed E-state index contributed by atoms with van der Waals surface area (Å²) in [6, 6.07) is 12.7. The van der Waals surface area contributed by atoms with Gasteiger partial charge < -0.3 is 20.1 Å². The van der Waals surface area contributed by atoms with E-state index in [1.54, 1.807) is 32.2 Å². The van der Waals surface area contributed by atoms with Gasteiger partial charge in [0.1, 0.15) is 11.5 Å². The molecule has 3 rings (SSSR count). The number of hydrogen-bond acceptors (Lipinski definition) is 6. The largest absolute Gasteiger partial charge is 0.497 e. The van der Waals surface area contributed by atoms with Crippen molar-refractivity contribution in [1.82, 2.24) is 9.97 Å². The smallest absolute Gasteiger partial charge is 0.259 e. The van der Waals surface area contributed by atoms with Gasteiger partial charge in [0.25, 0.3) is 5.91 Å². The number of benzene rings is 2. The zero-order valence-electron chi connectivity index (χ0n) is 16.3. The quantitative estimate of drug-likeness (QED) is 0.601. The molecule has 0 radical (unpaired) electrons. The van der Waals surface area contributed by atoms with Crippen LogP contribution < -0.4 is 20.1 Å². The lowest BCUT2D eigenvalue weighted by atomic mass is 10.2. The summed E-state index contributed by atoms with van der Waals surface area (Å²) in [6.07, 6.45) is 1.50. The van der Waals surface area contributed by atoms with Gasteiger partial charge in [-0.15, -0.1) is 0 Å². The molecule has 1 amide bonds. The third kappa shape index (κ3) is 5.14. The van der Waals surface area contributed by atoms with E-state index in [0.29, 0.717) is 40.2 Å². The van der Waals surface area contributed by atoms with Crippen LogP contribution in [-0.4, -0.2) is 30.1 Å². The highest BCUT2D eigenvalue weighted by Crippen LogP contribution is 2.27. The maximum absolute atomic E-state index is 12.6. The highest BCUT2D eigenvalue weighted by Gasteiger charge is 2.13. The molecular formula is C21H21ClN4O3. The van der Waals surface area contributed by atoms with Crippen molar-refractivity contribution < 1.29 is 14.3 Å². The summed E-state index contributed by atoms with van der Waals surface area (Å²) >= 11 is 6.10. The van der Waals surface area contributed by atoms with Crippen LogP contribution in [0.25, 0.3) is 0 Å². The molecule has 1 heterocycles. The van der Waals surface area contributed by atoms with Crippen LogP contribution in [0.1, 0.15) is 21.6 Å². The predicted octanol–water partition coefficient (Wildman–Crippen LogP) is 4.32. The number of hydrogen-bond donors (Lipinski definition) is 2. The number of nitrogens with one attached hydrogen (secondary N) is 2. The molecule has 7 nitrogen and oxygen atoms in total. The fourth-order valence-corrected chi connectivity index (χ4v) is 2.90. The van der Waals surface area contributed by atoms with Crippen LogP contribution in [-0.2, 0) is 6.54 Å². The van der Waals surface area contributed by atoms with E-state index in [2.05, 4.69) is 20.6 Å². The van der Waals surface area contributed by atoms with E-state index in [1.807, 2.05) is 24.3 Å². The summed E-state index contributed by atoms with van der Waals surface area (Å²) in [4.78, 5) is 21.2. The maximum atomic E-state index is 12.6. The van der Waals surface area contributed by atoms with E-state index in [4.69, 9.17) is 21.1 Å². The van der Waals surface area contributed by atoms with E-state index in [-0.39, 0.29) is 5.91 Å². The Bertz CT molecular complexity index is 1010. The maximum Gasteiger partial charge on any atom is 0.259 e. The fraction of sp³-hybridized carbons (Fsp3) is 0.190. The second-order valence-corrected chi connectivity index (χ2v) is 6.60. The molecule has 3 aromatic rings. The number of methoxy groups -OCH3 is 2. The Hall–Kier alpha value is -3.32. The molecule has 2 N–H and O–H groups in total. The standard InChI is InChI=1S/C21H21ClN4O3/c1-13-17(20(27)26-15-6-9-19(29-3)18(22)10-15)12-24-21(25-13)23-11-14-4-7-16(28-2)8-5-14/h4-10,12H,11H2,1-3H3,(H,26,27)(H,23,24,25). The molecule has 0 atom stereocenters. The highest BCUT2D eigenvalue weighted by atomic mass is 35.5. The first kappa shape index (κ1) is 20.4. The van der Waals surface area contributed by atoms with Gasteiger partial charge in [-0.25, -0.2) is 9.97 Å². The topological polar surface area (TPSA) is 85.4 Å². The minimum Gasteiger partial charge on any atom is -0.497 e. The number of rotatable bonds is 7. The Balaban J connectivity index is 1.65. The van der Waals surface area contributed by atoms with Gasteiger partial charge >= 0.3 is 0 Å². The number of amides is 1. The summed E-state index contributed by atoms with van der Waals surface area (Å²) in [5.41, 5.74) is 2.56. The Morgan fingerprint density at radius 2 is 1.86 bits per heavy atom. The normalized spacial score (nSPS) is 10.3. The number of halogens is 1. The molecule has 0 unspecified atom stereocenters. The minimum atomic E-state index is -0.314. The van der Waals surface area contributed by atoms with Gasteiger partial charge in [-0.2, -0.15) is 0 Å². The lowest BCUT2D eigenvalue weighted by molar-refractivity contribution is 0.102. The Labute approximate surface area is 174 Å². The molecule has 0 bridgehead atoms. The van der Waals surface area contributed by atoms with Crippen LogP contribution in [0.5, 0.6) is 11.5 Å². The summed E-state index contributed by atoms with van der Waals surface area (Å²) < 4.78 is 10.3. The van der Waals surface area contributed by atoms with Gasteiger partial charge in [0.2, 0.25) is 5.95 Å². The first-order chi connectivity index (χ1) is 14.0. The number of carbonyl (C=O) groups excluding carboxylic acids is 1. The van der Waals surface area contributed by atoms with Gasteiger partial charge in [0, 0.05) is 18.4 Å². The van der Waals surface area contributed by atoms with Crippen molar-refractivity contribution in [2.45, 2.75) is 13.5 Å². The molecule has 0 saturated carbocycles. The van der Waals surface area contributed by atoms with Crippen LogP contribution >= 0.6 is 11.6 Å². The lowest BCUT2D eigenvalue weighted by Crippen LogP contribution is -2.15. The third-order valence-electron chi connectivity index (χ3n) is 4.24. The van der Waals surface area contributed by atoms with E-state index in [1.165, 1.54) is 13.3 Å². The van der Waals surface area contributed by atoms with Crippen molar-refractivity contribution >= 4 is 29.1 Å². The van der Waals surface area contributed by atoms with Crippen LogP contribution in [0.4, 0.5) is 11.6 Å². The molecule has 29 heavy (non-hydrogen) atoms. The van der Waals surface area contributed by atoms with Crippen molar-refractivity contribution in [3.63, 3.8) is 0 Å². The van der Waals surface area contributed by atoms with Crippen molar-refractivity contribution in [3.05, 3.63) is 70.5 Å². The lowest BCUT2D eigenvalue weighted by Gasteiger charge is -2.11. The van der Waals surface area contributed by atoms with E-state index in [0.717, 1.165) is 11.3 Å². The third-order valence-corrected chi connectivity index (χ3v) is 4.54. The Morgan fingerprint density at radius 3 is 2.48 bits per heavy atom. The zero-order chi connectivity index (χ0) is 20.8. The second kappa shape index (κ2) is 9.25. The number of ether oxygens (including phenoxy) is 2. The van der Waals surface area contributed by atoms with E-state index < -0.39 is 0 Å². The molecule has 0 aliphatic heterocycles. The summed E-state index contributed by atoms with van der Waals surface area (Å²) in [5, 5.41) is 6.35. The van der Waals surface area contributed by atoms with Crippen LogP contribution in [0.3, 0.4) is 0 Å². The average molecular weight is 413 g/mol. The van der Waals surface area contributed by atoms with E-state index in [9.17, 15) is 4.79 Å². The molecule has 1 aromatic heterocycles. The van der Waals surface area contributed by atoms with Crippen molar-refractivity contribution in [3.8, 4) is 11.5 Å². The van der Waals surface area contributed by atoms with Gasteiger partial charge in [-0.1, -0.05) is 23.7 Å². The van der Waals surface area contributed by atoms with Crippen molar-refractivity contribution in [2.24, 2.45) is 0 Å². The minimum absolute atomic E-state index is 0.314. The molecule has 0 saturated heterocycles. The molecule has 150 valence electrons. The monoisotopic (exact) mass is 412 g/mol. The summed E-state index contributed by atoms with van der Waals surface area (Å²) in [5.74, 6) is 1.47. The number of aromatic nitrogens is 2. The van der Waals surface area contributed by atoms with Crippen LogP contribution in [0.15, 0.2) is 48.7 Å². The van der Waals surface area contributed by atoms with Gasteiger partial charge in [-0.3, -0.25) is 4.79 Å². The van der Waals surface area contributed by atoms with Crippen LogP contribution in [0.2, 0.25) is 5.02 Å². The Kier molecular flexibility index (Phi) is 6.51. The fourth-order valence-electron chi connectivity index (χ4n) is 2.64. The zero-order valence-corrected chi connectivity index (χ0v) is 17.1. The number of anilines is 2. The molecule has 0 spiro atoms. The molecule has 8 heteroatoms. The number of carbonyl (C=O) groups is 1. The first-order valence-electron chi connectivity index (χ1n) is 8.85. The van der Waals surface area contributed by atoms with Gasteiger partial charge in [-0.05, 0) is 42.8 Å². The molecule has 2 aromatic carbocycles. The highest BCUT2D eigenvalue weighted by molar-refractivity contribution is 6.32. The molecule has 0 aliphatic carbocycles. The predicted molar refractivity (Wildman–Crippen MR) is 113 cm³/mol. The Morgan fingerprint density at radius 1 is 1.10 bits per heavy atom. The van der Waals surface area contributed by atoms with Crippen molar-refractivity contribution in [2.75, 3.05) is 24.9 Å². The molecule has 0 fully saturated rings. The van der Waals surface area contributed by atoms with Gasteiger partial charge in [0.15, 0.2) is 0 Å². The average Bonchev–Trinajstić information content (AvgIpc) is 2.72. The number of nitrogens with zero attached hydrogens (tertiary/aromatic N) is 2. The molecular weight excluding hydrogens is 392 g/mol. The van der Waals surface area contributed by atoms with E-state index >= 15 is 0 Å². The summed E-state index contributed by atoms with van der Waals surface area (Å²) in [7, 11) is 3.16. The first-order valence-corrected chi connectivity index (χ1v) is 9.23. The SMILES string of the molecule is COc1ccc(CNc2ncc(C(=O)Nc3ccc(OC)c(Cl)c3)c(C)n2)cc1. The second-order valence-electron chi connectivity index (χ2n) is 6.20. The molecule has 0 aliphatic rings. The number of aryl methyl sites for hydroxylation is 1. The van der Waals surface area contributed by atoms with Crippen LogP contribution in [0, 0.1) is 6.92 Å². The van der Waals surface area contributed by atoms with Crippen molar-refractivity contribution in [1.29, 1.82) is 0 Å². The van der Waals surface area contributed by atoms with Gasteiger partial charge in [0.05, 0.1) is 30.5 Å². The summed E-state index contributed by atoms with van der Waals surface area (Å²) in [6.45, 7) is 2.31.